The molecule has 0 saturated heterocycles. The van der Waals surface area contributed by atoms with Gasteiger partial charge in [0.2, 0.25) is 0 Å². The highest BCUT2D eigenvalue weighted by Crippen LogP contribution is 2.16. The molecule has 0 amide bonds. The molecule has 3 nitrogen and oxygen atoms in total. The minimum absolute atomic E-state index is 0.258. The summed E-state index contributed by atoms with van der Waals surface area (Å²) >= 11 is 0. The zero-order valence-corrected chi connectivity index (χ0v) is 12.2. The second-order valence-corrected chi connectivity index (χ2v) is 5.15. The van der Waals surface area contributed by atoms with E-state index in [0.29, 0.717) is 23.5 Å². The molecule has 0 aliphatic rings. The van der Waals surface area contributed by atoms with E-state index >= 15 is 0 Å². The van der Waals surface area contributed by atoms with E-state index in [4.69, 9.17) is 5.26 Å². The molecule has 0 atom stereocenters. The summed E-state index contributed by atoms with van der Waals surface area (Å²) in [5.41, 5.74) is 1.85. The molecule has 0 aliphatic carbocycles. The Labute approximate surface area is 132 Å². The molecule has 114 valence electrons. The van der Waals surface area contributed by atoms with Crippen LogP contribution in [0.5, 0.6) is 0 Å². The van der Waals surface area contributed by atoms with Gasteiger partial charge in [-0.25, -0.2) is 13.8 Å². The van der Waals surface area contributed by atoms with Crippen LogP contribution in [-0.2, 0) is 13.0 Å². The maximum absolute atomic E-state index is 13.8. The number of benzene rings is 2. The van der Waals surface area contributed by atoms with Crippen LogP contribution in [0.3, 0.4) is 0 Å². The fourth-order valence-electron chi connectivity index (χ4n) is 2.44. The van der Waals surface area contributed by atoms with Crippen LogP contribution in [0.1, 0.15) is 22.5 Å². The lowest BCUT2D eigenvalue weighted by molar-refractivity contribution is 0.572. The SMILES string of the molecule is N#Cc1ccccc1Cn1ccnc1Cc1ccc(F)cc1F. The molecule has 0 radical (unpaired) electrons. The van der Waals surface area contributed by atoms with Crippen molar-refractivity contribution in [3.05, 3.63) is 89.0 Å². The van der Waals surface area contributed by atoms with Gasteiger partial charge in [0.05, 0.1) is 18.2 Å². The van der Waals surface area contributed by atoms with E-state index in [-0.39, 0.29) is 6.42 Å². The van der Waals surface area contributed by atoms with Gasteiger partial charge in [0.15, 0.2) is 0 Å². The molecule has 5 heteroatoms. The first-order valence-corrected chi connectivity index (χ1v) is 7.09. The Morgan fingerprint density at radius 1 is 1.09 bits per heavy atom. The second-order valence-electron chi connectivity index (χ2n) is 5.15. The van der Waals surface area contributed by atoms with E-state index < -0.39 is 11.6 Å². The number of rotatable bonds is 4. The largest absolute Gasteiger partial charge is 0.330 e. The average Bonchev–Trinajstić information content (AvgIpc) is 2.97. The number of hydrogen-bond donors (Lipinski definition) is 0. The van der Waals surface area contributed by atoms with Gasteiger partial charge in [-0.1, -0.05) is 24.3 Å². The van der Waals surface area contributed by atoms with E-state index in [9.17, 15) is 8.78 Å². The summed E-state index contributed by atoms with van der Waals surface area (Å²) in [6.07, 6.45) is 3.67. The quantitative estimate of drug-likeness (QED) is 0.738. The Morgan fingerprint density at radius 3 is 2.70 bits per heavy atom. The zero-order chi connectivity index (χ0) is 16.2. The lowest BCUT2D eigenvalue weighted by Gasteiger charge is -2.10. The topological polar surface area (TPSA) is 41.6 Å². The summed E-state index contributed by atoms with van der Waals surface area (Å²) in [6, 6.07) is 13.0. The molecular formula is C18H13F2N3. The van der Waals surface area contributed by atoms with Gasteiger partial charge in [0.1, 0.15) is 17.5 Å². The van der Waals surface area contributed by atoms with E-state index in [2.05, 4.69) is 11.1 Å². The van der Waals surface area contributed by atoms with Crippen LogP contribution in [0.2, 0.25) is 0 Å². The maximum Gasteiger partial charge on any atom is 0.129 e. The first kappa shape index (κ1) is 14.9. The molecule has 0 unspecified atom stereocenters. The number of hydrogen-bond acceptors (Lipinski definition) is 2. The van der Waals surface area contributed by atoms with Crippen LogP contribution < -0.4 is 0 Å². The molecule has 3 rings (SSSR count). The molecule has 2 aromatic carbocycles. The molecule has 0 saturated carbocycles. The molecule has 1 aromatic heterocycles. The number of nitriles is 1. The first-order valence-electron chi connectivity index (χ1n) is 7.09. The summed E-state index contributed by atoms with van der Waals surface area (Å²) in [6.45, 7) is 0.474. The number of nitrogens with zero attached hydrogens (tertiary/aromatic N) is 3. The van der Waals surface area contributed by atoms with Gasteiger partial charge in [0, 0.05) is 24.9 Å². The standard InChI is InChI=1S/C18H13F2N3/c19-16-6-5-13(17(20)10-16)9-18-22-7-8-23(18)12-15-4-2-1-3-14(15)11-21/h1-8,10H,9,12H2. The minimum atomic E-state index is -0.600. The third-order valence-corrected chi connectivity index (χ3v) is 3.64. The molecular weight excluding hydrogens is 296 g/mol. The minimum Gasteiger partial charge on any atom is -0.330 e. The highest BCUT2D eigenvalue weighted by Gasteiger charge is 2.10. The third kappa shape index (κ3) is 3.27. The van der Waals surface area contributed by atoms with Crippen molar-refractivity contribution in [1.82, 2.24) is 9.55 Å². The molecule has 0 spiro atoms. The first-order chi connectivity index (χ1) is 11.2. The van der Waals surface area contributed by atoms with E-state index in [1.807, 2.05) is 22.8 Å². The third-order valence-electron chi connectivity index (χ3n) is 3.64. The van der Waals surface area contributed by atoms with Gasteiger partial charge in [-0.05, 0) is 23.3 Å². The van der Waals surface area contributed by atoms with Crippen molar-refractivity contribution in [3.8, 4) is 6.07 Å². The Bertz CT molecular complexity index is 878. The predicted molar refractivity (Wildman–Crippen MR) is 81.7 cm³/mol. The Kier molecular flexibility index (Phi) is 4.15. The van der Waals surface area contributed by atoms with Crippen molar-refractivity contribution in [3.63, 3.8) is 0 Å². The lowest BCUT2D eigenvalue weighted by Crippen LogP contribution is -2.07. The van der Waals surface area contributed by atoms with Crippen molar-refractivity contribution in [2.45, 2.75) is 13.0 Å². The van der Waals surface area contributed by atoms with Gasteiger partial charge in [0.25, 0.3) is 0 Å². The fourth-order valence-corrected chi connectivity index (χ4v) is 2.44. The van der Waals surface area contributed by atoms with Gasteiger partial charge in [-0.3, -0.25) is 0 Å². The van der Waals surface area contributed by atoms with Crippen LogP contribution >= 0.6 is 0 Å². The van der Waals surface area contributed by atoms with Crippen LogP contribution in [-0.4, -0.2) is 9.55 Å². The van der Waals surface area contributed by atoms with Crippen molar-refractivity contribution in [2.75, 3.05) is 0 Å². The average molecular weight is 309 g/mol. The van der Waals surface area contributed by atoms with E-state index in [1.165, 1.54) is 12.1 Å². The Hall–Kier alpha value is -3.00. The summed E-state index contributed by atoms with van der Waals surface area (Å²) in [4.78, 5) is 4.25. The van der Waals surface area contributed by atoms with Crippen molar-refractivity contribution >= 4 is 0 Å². The molecule has 3 aromatic rings. The molecule has 0 fully saturated rings. The Morgan fingerprint density at radius 2 is 1.91 bits per heavy atom. The molecule has 0 aliphatic heterocycles. The fraction of sp³-hybridized carbons (Fsp3) is 0.111. The number of aromatic nitrogens is 2. The Balaban J connectivity index is 1.87. The van der Waals surface area contributed by atoms with Gasteiger partial charge >= 0.3 is 0 Å². The summed E-state index contributed by atoms with van der Waals surface area (Å²) < 4.78 is 28.6. The van der Waals surface area contributed by atoms with Gasteiger partial charge in [-0.2, -0.15) is 5.26 Å². The lowest BCUT2D eigenvalue weighted by atomic mass is 10.1. The van der Waals surface area contributed by atoms with E-state index in [0.717, 1.165) is 11.6 Å². The summed E-state index contributed by atoms with van der Waals surface area (Å²) in [7, 11) is 0. The van der Waals surface area contributed by atoms with Crippen LogP contribution in [0, 0.1) is 23.0 Å². The van der Waals surface area contributed by atoms with Crippen molar-refractivity contribution in [2.24, 2.45) is 0 Å². The van der Waals surface area contributed by atoms with Gasteiger partial charge < -0.3 is 4.57 Å². The highest BCUT2D eigenvalue weighted by molar-refractivity contribution is 5.37. The van der Waals surface area contributed by atoms with Crippen LogP contribution in [0.15, 0.2) is 54.9 Å². The molecule has 23 heavy (non-hydrogen) atoms. The molecule has 1 heterocycles. The van der Waals surface area contributed by atoms with E-state index in [1.54, 1.807) is 18.5 Å². The second kappa shape index (κ2) is 6.41. The van der Waals surface area contributed by atoms with Crippen molar-refractivity contribution < 1.29 is 8.78 Å². The summed E-state index contributed by atoms with van der Waals surface area (Å²) in [5, 5.41) is 9.15. The number of imidazole rings is 1. The summed E-state index contributed by atoms with van der Waals surface area (Å²) in [5.74, 6) is -0.530. The monoisotopic (exact) mass is 309 g/mol. The number of halogens is 2. The molecule has 0 N–H and O–H groups in total. The van der Waals surface area contributed by atoms with Crippen LogP contribution in [0.4, 0.5) is 8.78 Å². The van der Waals surface area contributed by atoms with Crippen molar-refractivity contribution in [1.29, 1.82) is 5.26 Å². The normalized spacial score (nSPS) is 10.5. The van der Waals surface area contributed by atoms with Crippen LogP contribution in [0.25, 0.3) is 0 Å². The zero-order valence-electron chi connectivity index (χ0n) is 12.2. The maximum atomic E-state index is 13.8. The highest BCUT2D eigenvalue weighted by atomic mass is 19.1. The smallest absolute Gasteiger partial charge is 0.129 e. The van der Waals surface area contributed by atoms with Gasteiger partial charge in [-0.15, -0.1) is 0 Å². The molecule has 0 bridgehead atoms. The predicted octanol–water partition coefficient (Wildman–Crippen LogP) is 3.67.